The first-order valence-electron chi connectivity index (χ1n) is 11.6. The zero-order valence-electron chi connectivity index (χ0n) is 20.8. The van der Waals surface area contributed by atoms with Crippen LogP contribution in [-0.4, -0.2) is 26.5 Å². The summed E-state index contributed by atoms with van der Waals surface area (Å²) in [7, 11) is 0. The molecule has 1 unspecified atom stereocenters. The van der Waals surface area contributed by atoms with Crippen molar-refractivity contribution in [2.45, 2.75) is 44.3 Å². The Morgan fingerprint density at radius 3 is 2.16 bits per heavy atom. The summed E-state index contributed by atoms with van der Waals surface area (Å²) >= 11 is 0. The van der Waals surface area contributed by atoms with Gasteiger partial charge in [0.05, 0.1) is 11.1 Å². The summed E-state index contributed by atoms with van der Waals surface area (Å²) in [6.45, 7) is 6.04. The third-order valence-corrected chi connectivity index (χ3v) is 6.65. The molecule has 6 nitrogen and oxygen atoms in total. The van der Waals surface area contributed by atoms with E-state index in [0.717, 1.165) is 11.6 Å². The predicted molar refractivity (Wildman–Crippen MR) is 133 cm³/mol. The minimum atomic E-state index is -5.05. The van der Waals surface area contributed by atoms with Crippen LogP contribution in [0.3, 0.4) is 0 Å². The quantitative estimate of drug-likeness (QED) is 0.316. The number of carboxylic acid groups (broad SMARTS) is 1. The normalized spacial score (nSPS) is 13.9. The lowest BCUT2D eigenvalue weighted by Crippen LogP contribution is -2.49. The number of rotatable bonds is 6. The van der Waals surface area contributed by atoms with Gasteiger partial charge in [-0.05, 0) is 46.4 Å². The maximum Gasteiger partial charge on any atom is 0.419 e. The monoisotopic (exact) mass is 527 g/mol. The Labute approximate surface area is 215 Å². The molecule has 0 aliphatic heterocycles. The number of primary amides is 1. The van der Waals surface area contributed by atoms with E-state index in [2.05, 4.69) is 4.98 Å². The number of fused-ring (bicyclic) bond motifs is 1. The highest BCUT2D eigenvalue weighted by Gasteiger charge is 2.44. The first-order chi connectivity index (χ1) is 17.7. The Bertz CT molecular complexity index is 1540. The SMILES string of the molecule is CC(C)(C)c1ccc(CC(C(N)=O)(c2ccc(F)c(C(F)(F)F)c2)n2ccc3ccnc(C(=O)O)c32)cc1. The standard InChI is InChI=1S/C28H25F4N3O3/c1-26(2,3)18-6-4-16(5-7-18)15-27(25(33)38,19-8-9-21(29)20(14-19)28(30,31)32)35-13-11-17-10-12-34-22(23(17)35)24(36)37/h4-14H,15H2,1-3H3,(H2,33,38)(H,36,37). The first-order valence-corrected chi connectivity index (χ1v) is 11.6. The number of alkyl halides is 3. The minimum Gasteiger partial charge on any atom is -0.476 e. The highest BCUT2D eigenvalue weighted by molar-refractivity contribution is 6.01. The van der Waals surface area contributed by atoms with Crippen LogP contribution < -0.4 is 5.73 Å². The number of hydrogen-bond acceptors (Lipinski definition) is 3. The molecule has 1 amide bonds. The van der Waals surface area contributed by atoms with Gasteiger partial charge in [-0.3, -0.25) is 4.79 Å². The van der Waals surface area contributed by atoms with Gasteiger partial charge in [0.15, 0.2) is 11.2 Å². The largest absolute Gasteiger partial charge is 0.476 e. The molecule has 0 aliphatic carbocycles. The van der Waals surface area contributed by atoms with Crippen molar-refractivity contribution in [3.63, 3.8) is 0 Å². The van der Waals surface area contributed by atoms with Crippen LogP contribution in [-0.2, 0) is 28.3 Å². The van der Waals surface area contributed by atoms with E-state index in [1.807, 2.05) is 32.9 Å². The van der Waals surface area contributed by atoms with Gasteiger partial charge in [0.1, 0.15) is 5.82 Å². The predicted octanol–water partition coefficient (Wildman–Crippen LogP) is 5.66. The number of halogens is 4. The number of aromatic nitrogens is 2. The Morgan fingerprint density at radius 2 is 1.61 bits per heavy atom. The molecule has 38 heavy (non-hydrogen) atoms. The summed E-state index contributed by atoms with van der Waals surface area (Å²) < 4.78 is 56.6. The molecule has 2 aromatic carbocycles. The van der Waals surface area contributed by atoms with Crippen molar-refractivity contribution in [1.82, 2.24) is 9.55 Å². The van der Waals surface area contributed by atoms with E-state index >= 15 is 0 Å². The van der Waals surface area contributed by atoms with Crippen LogP contribution in [0.15, 0.2) is 67.0 Å². The topological polar surface area (TPSA) is 98.2 Å². The van der Waals surface area contributed by atoms with Crippen molar-refractivity contribution in [2.75, 3.05) is 0 Å². The van der Waals surface area contributed by atoms with Crippen LogP contribution in [0, 0.1) is 5.82 Å². The van der Waals surface area contributed by atoms with E-state index in [4.69, 9.17) is 5.73 Å². The molecule has 0 radical (unpaired) electrons. The maximum atomic E-state index is 14.3. The molecule has 0 saturated carbocycles. The second-order valence-corrected chi connectivity index (χ2v) is 10.1. The van der Waals surface area contributed by atoms with Crippen LogP contribution in [0.5, 0.6) is 0 Å². The van der Waals surface area contributed by atoms with Crippen molar-refractivity contribution >= 4 is 22.8 Å². The lowest BCUT2D eigenvalue weighted by molar-refractivity contribution is -0.140. The minimum absolute atomic E-state index is 0.0111. The van der Waals surface area contributed by atoms with Crippen LogP contribution in [0.25, 0.3) is 10.9 Å². The molecule has 0 spiro atoms. The number of hydrogen-bond donors (Lipinski definition) is 2. The molecular formula is C28H25F4N3O3. The molecule has 10 heteroatoms. The summed E-state index contributed by atoms with van der Waals surface area (Å²) in [5, 5.41) is 10.2. The molecule has 4 aromatic rings. The van der Waals surface area contributed by atoms with Gasteiger partial charge in [-0.1, -0.05) is 51.1 Å². The molecule has 0 bridgehead atoms. The van der Waals surface area contributed by atoms with Crippen LogP contribution >= 0.6 is 0 Å². The highest BCUT2D eigenvalue weighted by Crippen LogP contribution is 2.39. The lowest BCUT2D eigenvalue weighted by atomic mass is 9.80. The zero-order chi connectivity index (χ0) is 28.0. The third kappa shape index (κ3) is 4.62. The molecule has 198 valence electrons. The van der Waals surface area contributed by atoms with Crippen molar-refractivity contribution in [3.05, 3.63) is 101 Å². The van der Waals surface area contributed by atoms with Gasteiger partial charge >= 0.3 is 12.1 Å². The average molecular weight is 528 g/mol. The molecule has 1 atom stereocenters. The number of pyridine rings is 1. The van der Waals surface area contributed by atoms with E-state index < -0.39 is 40.7 Å². The van der Waals surface area contributed by atoms with Crippen molar-refractivity contribution in [2.24, 2.45) is 5.73 Å². The summed E-state index contributed by atoms with van der Waals surface area (Å²) in [4.78, 5) is 29.3. The molecule has 0 fully saturated rings. The van der Waals surface area contributed by atoms with E-state index in [9.17, 15) is 32.3 Å². The summed E-state index contributed by atoms with van der Waals surface area (Å²) in [5.41, 5.74) is 2.97. The van der Waals surface area contributed by atoms with E-state index in [1.165, 1.54) is 29.1 Å². The number of benzene rings is 2. The summed E-state index contributed by atoms with van der Waals surface area (Å²) in [5.74, 6) is -3.98. The number of amides is 1. The van der Waals surface area contributed by atoms with Crippen LogP contribution in [0.4, 0.5) is 17.6 Å². The fourth-order valence-electron chi connectivity index (χ4n) is 4.65. The zero-order valence-corrected chi connectivity index (χ0v) is 20.8. The van der Waals surface area contributed by atoms with E-state index in [1.54, 1.807) is 12.1 Å². The molecule has 3 N–H and O–H groups in total. The Balaban J connectivity index is 2.06. The molecule has 2 aromatic heterocycles. The number of aromatic carboxylic acids is 1. The lowest BCUT2D eigenvalue weighted by Gasteiger charge is -2.35. The number of nitrogens with two attached hydrogens (primary N) is 1. The maximum absolute atomic E-state index is 14.3. The Hall–Kier alpha value is -4.21. The third-order valence-electron chi connectivity index (χ3n) is 6.65. The van der Waals surface area contributed by atoms with Crippen molar-refractivity contribution in [3.8, 4) is 0 Å². The van der Waals surface area contributed by atoms with Gasteiger partial charge < -0.3 is 15.4 Å². The summed E-state index contributed by atoms with van der Waals surface area (Å²) in [6.07, 6.45) is -2.64. The van der Waals surface area contributed by atoms with Crippen LogP contribution in [0.1, 0.15) is 53.5 Å². The Kier molecular flexibility index (Phi) is 6.55. The van der Waals surface area contributed by atoms with E-state index in [0.29, 0.717) is 23.1 Å². The number of carbonyl (C=O) groups excluding carboxylic acids is 1. The van der Waals surface area contributed by atoms with Gasteiger partial charge in [0.2, 0.25) is 5.91 Å². The van der Waals surface area contributed by atoms with Crippen molar-refractivity contribution in [1.29, 1.82) is 0 Å². The summed E-state index contributed by atoms with van der Waals surface area (Å²) in [6, 6.07) is 12.4. The molecule has 4 rings (SSSR count). The number of carbonyl (C=O) groups is 2. The molecule has 0 aliphatic rings. The number of carboxylic acids is 1. The van der Waals surface area contributed by atoms with Gasteiger partial charge in [-0.15, -0.1) is 0 Å². The fraction of sp³-hybridized carbons (Fsp3) is 0.250. The van der Waals surface area contributed by atoms with Crippen LogP contribution in [0.2, 0.25) is 0 Å². The molecule has 2 heterocycles. The van der Waals surface area contributed by atoms with E-state index in [-0.39, 0.29) is 22.9 Å². The molecule has 0 saturated heterocycles. The molecular weight excluding hydrogens is 502 g/mol. The smallest absolute Gasteiger partial charge is 0.419 e. The van der Waals surface area contributed by atoms with Crippen molar-refractivity contribution < 1.29 is 32.3 Å². The fourth-order valence-corrected chi connectivity index (χ4v) is 4.65. The van der Waals surface area contributed by atoms with Gasteiger partial charge in [0, 0.05) is 24.2 Å². The Morgan fingerprint density at radius 1 is 0.974 bits per heavy atom. The van der Waals surface area contributed by atoms with Gasteiger partial charge in [-0.2, -0.15) is 13.2 Å². The average Bonchev–Trinajstić information content (AvgIpc) is 3.26. The second-order valence-electron chi connectivity index (χ2n) is 10.1. The number of nitrogens with zero attached hydrogens (tertiary/aromatic N) is 2. The first kappa shape index (κ1) is 26.8. The van der Waals surface area contributed by atoms with Gasteiger partial charge in [-0.25, -0.2) is 14.2 Å². The second kappa shape index (κ2) is 9.27. The van der Waals surface area contributed by atoms with Gasteiger partial charge in [0.25, 0.3) is 0 Å². The highest BCUT2D eigenvalue weighted by atomic mass is 19.4.